The average molecular weight is 1340 g/mol. The largest absolute Gasteiger partial charge is 0.380 e. The first kappa shape index (κ1) is 86.5. The maximum absolute atomic E-state index is 10.8. The van der Waals surface area contributed by atoms with Gasteiger partial charge in [0.05, 0.1) is 302 Å². The van der Waals surface area contributed by atoms with E-state index >= 15 is 0 Å². The molecular weight excluding hydrogens is 1230 g/mol. The molecule has 0 saturated heterocycles. The first-order chi connectivity index (χ1) is 43.2. The van der Waals surface area contributed by atoms with Crippen LogP contribution in [0.3, 0.4) is 0 Å². The van der Waals surface area contributed by atoms with E-state index in [0.717, 1.165) is 30.4 Å². The SMILES string of the molecule is COCSCCOCCOCCOCCOCCOCCOCCOCCOCCOCCOCC(COCCOCCOCCOCCOCCOCCOCCOCCOCCOCCSCC=O)(COCCSCC=O)COCCSCC=O. The van der Waals surface area contributed by atoms with Gasteiger partial charge in [0.25, 0.3) is 0 Å². The van der Waals surface area contributed by atoms with Crippen molar-refractivity contribution in [2.45, 2.75) is 0 Å². The Kier molecular flexibility index (Phi) is 79.3. The number of carbonyl (C=O) groups is 3. The number of methoxy groups -OCH3 is 1. The van der Waals surface area contributed by atoms with Gasteiger partial charge in [0.1, 0.15) is 18.9 Å². The Hall–Kier alpha value is -0.510. The van der Waals surface area contributed by atoms with E-state index in [0.29, 0.717) is 312 Å². The summed E-state index contributed by atoms with van der Waals surface area (Å²) in [4.78, 5) is 31.9. The van der Waals surface area contributed by atoms with Gasteiger partial charge in [0.2, 0.25) is 0 Å². The van der Waals surface area contributed by atoms with Crippen LogP contribution in [0, 0.1) is 5.41 Å². The molecule has 30 heteroatoms. The zero-order valence-electron chi connectivity index (χ0n) is 52.2. The Morgan fingerprint density at radius 3 is 0.552 bits per heavy atom. The maximum atomic E-state index is 10.8. The van der Waals surface area contributed by atoms with Gasteiger partial charge in [0.15, 0.2) is 0 Å². The van der Waals surface area contributed by atoms with E-state index in [4.69, 9.17) is 109 Å². The standard InChI is InChI=1S/C57H110O26S4/c1-61-56-87-51-42-79-36-34-75-28-26-71-20-18-67-12-10-63-6-8-65-14-16-69-22-24-73-30-32-77-38-40-81-53-57(54-82-43-49-85-46-3-59,55-83-44-50-86-47-4-60)52-80-39-37-76-31-29-72-23-21-68-15-13-64-7-5-62-9-11-66-17-19-70-25-27-74-33-35-78-41-48-84-45-2-58/h2-4H,5-56H2,1H3. The number of thioether (sulfide) groups is 4. The second-order valence-corrected chi connectivity index (χ2v) is 22.3. The third-order valence-corrected chi connectivity index (χ3v) is 13.9. The number of ether oxygens (including phenoxy) is 23. The molecule has 0 unspecified atom stereocenters. The van der Waals surface area contributed by atoms with Crippen molar-refractivity contribution in [1.82, 2.24) is 0 Å². The van der Waals surface area contributed by atoms with Gasteiger partial charge in [-0.25, -0.2) is 0 Å². The van der Waals surface area contributed by atoms with Crippen LogP contribution in [0.4, 0.5) is 0 Å². The van der Waals surface area contributed by atoms with Gasteiger partial charge in [-0.1, -0.05) is 0 Å². The summed E-state index contributed by atoms with van der Waals surface area (Å²) >= 11 is 6.24. The Morgan fingerprint density at radius 1 is 0.218 bits per heavy atom. The summed E-state index contributed by atoms with van der Waals surface area (Å²) in [6.45, 7) is 19.9. The van der Waals surface area contributed by atoms with Gasteiger partial charge in [-0.2, -0.15) is 35.3 Å². The van der Waals surface area contributed by atoms with E-state index in [-0.39, 0.29) is 13.2 Å². The summed E-state index contributed by atoms with van der Waals surface area (Å²) in [6.07, 6.45) is 2.64. The molecule has 0 aromatic heterocycles. The van der Waals surface area contributed by atoms with Gasteiger partial charge < -0.3 is 123 Å². The zero-order chi connectivity index (χ0) is 62.5. The highest BCUT2D eigenvalue weighted by Crippen LogP contribution is 2.21. The van der Waals surface area contributed by atoms with Crippen molar-refractivity contribution < 1.29 is 123 Å². The van der Waals surface area contributed by atoms with Gasteiger partial charge in [-0.3, -0.25) is 0 Å². The topological polar surface area (TPSA) is 263 Å². The summed E-state index contributed by atoms with van der Waals surface area (Å²) < 4.78 is 129. The Balaban J connectivity index is 4.04. The van der Waals surface area contributed by atoms with Crippen molar-refractivity contribution in [3.8, 4) is 0 Å². The highest BCUT2D eigenvalue weighted by Gasteiger charge is 2.32. The van der Waals surface area contributed by atoms with Crippen molar-refractivity contribution in [2.75, 3.05) is 344 Å². The molecule has 26 nitrogen and oxygen atoms in total. The molecule has 0 aromatic rings. The minimum Gasteiger partial charge on any atom is -0.380 e. The van der Waals surface area contributed by atoms with Crippen LogP contribution in [0.25, 0.3) is 0 Å². The molecule has 0 aliphatic rings. The van der Waals surface area contributed by atoms with E-state index in [2.05, 4.69) is 0 Å². The van der Waals surface area contributed by atoms with E-state index in [9.17, 15) is 14.4 Å². The second kappa shape index (κ2) is 79.7. The van der Waals surface area contributed by atoms with Crippen LogP contribution in [0.15, 0.2) is 0 Å². The zero-order valence-corrected chi connectivity index (χ0v) is 55.5. The fourth-order valence-corrected chi connectivity index (χ4v) is 8.39. The number of hydrogen-bond donors (Lipinski definition) is 0. The maximum Gasteiger partial charge on any atom is 0.129 e. The average Bonchev–Trinajstić information content (AvgIpc) is 3.72. The molecule has 0 radical (unpaired) electrons. The molecule has 87 heavy (non-hydrogen) atoms. The third-order valence-electron chi connectivity index (χ3n) is 10.6. The first-order valence-corrected chi connectivity index (χ1v) is 34.7. The molecule has 0 fully saturated rings. The number of carbonyl (C=O) groups excluding carboxylic acids is 3. The van der Waals surface area contributed by atoms with Crippen LogP contribution in [-0.4, -0.2) is 363 Å². The van der Waals surface area contributed by atoms with Crippen LogP contribution >= 0.6 is 47.0 Å². The van der Waals surface area contributed by atoms with Crippen molar-refractivity contribution >= 4 is 65.9 Å². The highest BCUT2D eigenvalue weighted by molar-refractivity contribution is 8.00. The minimum atomic E-state index is -0.639. The molecule has 0 spiro atoms. The minimum absolute atomic E-state index is 0.287. The number of aldehydes is 3. The lowest BCUT2D eigenvalue weighted by molar-refractivity contribution is -0.113. The summed E-state index contributed by atoms with van der Waals surface area (Å²) in [7, 11) is 1.68. The van der Waals surface area contributed by atoms with Gasteiger partial charge in [0, 0.05) is 47.4 Å². The molecule has 0 bridgehead atoms. The van der Waals surface area contributed by atoms with E-state index in [1.54, 1.807) is 30.6 Å². The summed E-state index contributed by atoms with van der Waals surface area (Å²) in [5.74, 6) is 5.03. The predicted molar refractivity (Wildman–Crippen MR) is 335 cm³/mol. The predicted octanol–water partition coefficient (Wildman–Crippen LogP) is 2.47. The van der Waals surface area contributed by atoms with Crippen LogP contribution in [0.1, 0.15) is 0 Å². The molecule has 0 atom stereocenters. The molecule has 0 heterocycles. The summed E-state index contributed by atoms with van der Waals surface area (Å²) in [5, 5.41) is 0. The van der Waals surface area contributed by atoms with Crippen molar-refractivity contribution in [3.05, 3.63) is 0 Å². The van der Waals surface area contributed by atoms with Gasteiger partial charge >= 0.3 is 0 Å². The van der Waals surface area contributed by atoms with E-state index in [1.165, 1.54) is 23.5 Å². The van der Waals surface area contributed by atoms with Crippen molar-refractivity contribution in [3.63, 3.8) is 0 Å². The molecular formula is C57H110O26S4. The van der Waals surface area contributed by atoms with E-state index < -0.39 is 5.41 Å². The molecule has 0 N–H and O–H groups in total. The van der Waals surface area contributed by atoms with Crippen LogP contribution in [0.2, 0.25) is 0 Å². The smallest absolute Gasteiger partial charge is 0.129 e. The van der Waals surface area contributed by atoms with Crippen LogP contribution < -0.4 is 0 Å². The lowest BCUT2D eigenvalue weighted by atomic mass is 9.92. The lowest BCUT2D eigenvalue weighted by Gasteiger charge is -2.33. The first-order valence-electron chi connectivity index (χ1n) is 30.1. The fraction of sp³-hybridized carbons (Fsp3) is 0.947. The highest BCUT2D eigenvalue weighted by atomic mass is 32.2. The normalized spacial score (nSPS) is 11.8. The Morgan fingerprint density at radius 2 is 0.368 bits per heavy atom. The summed E-state index contributed by atoms with van der Waals surface area (Å²) in [5.41, 5.74) is -0.639. The molecule has 0 aliphatic carbocycles. The third kappa shape index (κ3) is 74.4. The number of rotatable bonds is 82. The lowest BCUT2D eigenvalue weighted by Crippen LogP contribution is -2.42. The molecule has 0 saturated carbocycles. The summed E-state index contributed by atoms with van der Waals surface area (Å²) in [6, 6.07) is 0. The monoisotopic (exact) mass is 1340 g/mol. The molecule has 0 amide bonds. The quantitative estimate of drug-likeness (QED) is 0.0481. The van der Waals surface area contributed by atoms with Crippen LogP contribution in [-0.2, 0) is 123 Å². The Labute approximate surface area is 536 Å². The van der Waals surface area contributed by atoms with Gasteiger partial charge in [-0.05, 0) is 0 Å². The fourth-order valence-electron chi connectivity index (χ4n) is 6.37. The van der Waals surface area contributed by atoms with Crippen LogP contribution in [0.5, 0.6) is 0 Å². The number of hydrogen-bond acceptors (Lipinski definition) is 30. The molecule has 0 rings (SSSR count). The molecule has 0 aliphatic heterocycles. The molecule has 518 valence electrons. The second-order valence-electron chi connectivity index (χ2n) is 17.8. The van der Waals surface area contributed by atoms with Crippen molar-refractivity contribution in [2.24, 2.45) is 5.41 Å². The Bertz CT molecular complexity index is 1300. The van der Waals surface area contributed by atoms with Gasteiger partial charge in [-0.15, -0.1) is 11.8 Å². The molecule has 0 aromatic carbocycles. The van der Waals surface area contributed by atoms with E-state index in [1.807, 2.05) is 0 Å². The van der Waals surface area contributed by atoms with Crippen molar-refractivity contribution in [1.29, 1.82) is 0 Å².